The minimum atomic E-state index is -1.13. The first-order chi connectivity index (χ1) is 15.1. The van der Waals surface area contributed by atoms with E-state index in [0.717, 1.165) is 11.1 Å². The number of amides is 1. The molecule has 2 heterocycles. The Morgan fingerprint density at radius 3 is 2.39 bits per heavy atom. The Bertz CT molecular complexity index is 1110. The van der Waals surface area contributed by atoms with Crippen molar-refractivity contribution in [3.8, 4) is 11.1 Å². The number of likely N-dealkylation sites (tertiary alicyclic amines) is 1. The quantitative estimate of drug-likeness (QED) is 0.670. The molecule has 1 aromatic heterocycles. The minimum absolute atomic E-state index is 0.000732. The summed E-state index contributed by atoms with van der Waals surface area (Å²) in [6.07, 6.45) is 0.218. The van der Waals surface area contributed by atoms with Crippen LogP contribution in [0.4, 0.5) is 4.79 Å². The molecule has 2 unspecified atom stereocenters. The predicted molar refractivity (Wildman–Crippen MR) is 112 cm³/mol. The highest BCUT2D eigenvalue weighted by Crippen LogP contribution is 2.44. The Labute approximate surface area is 178 Å². The van der Waals surface area contributed by atoms with E-state index in [1.807, 2.05) is 31.2 Å². The average molecular weight is 418 g/mol. The Morgan fingerprint density at radius 2 is 1.74 bits per heavy atom. The number of aromatic carboxylic acids is 1. The van der Waals surface area contributed by atoms with Gasteiger partial charge in [0.05, 0.1) is 0 Å². The normalized spacial score (nSPS) is 19.8. The number of aromatic nitrogens is 3. The summed E-state index contributed by atoms with van der Waals surface area (Å²) in [6.45, 7) is 2.62. The first-order valence-electron chi connectivity index (χ1n) is 10.3. The molecule has 1 saturated heterocycles. The van der Waals surface area contributed by atoms with Crippen LogP contribution in [0.3, 0.4) is 0 Å². The third-order valence-electron chi connectivity index (χ3n) is 6.45. The lowest BCUT2D eigenvalue weighted by Gasteiger charge is -2.24. The zero-order valence-electron chi connectivity index (χ0n) is 17.0. The average Bonchev–Trinajstić information content (AvgIpc) is 3.48. The third-order valence-corrected chi connectivity index (χ3v) is 6.45. The van der Waals surface area contributed by atoms with Crippen molar-refractivity contribution in [2.24, 2.45) is 0 Å². The van der Waals surface area contributed by atoms with Crippen LogP contribution in [0.25, 0.3) is 11.1 Å². The zero-order valence-corrected chi connectivity index (χ0v) is 17.0. The topological polar surface area (TPSA) is 108 Å². The van der Waals surface area contributed by atoms with Gasteiger partial charge < -0.3 is 14.7 Å². The largest absolute Gasteiger partial charge is 0.476 e. The molecule has 0 saturated carbocycles. The van der Waals surface area contributed by atoms with Crippen molar-refractivity contribution in [1.82, 2.24) is 20.3 Å². The molecular weight excluding hydrogens is 396 g/mol. The van der Waals surface area contributed by atoms with Gasteiger partial charge in [-0.25, -0.2) is 9.59 Å². The molecule has 0 bridgehead atoms. The van der Waals surface area contributed by atoms with Gasteiger partial charge in [-0.3, -0.25) is 0 Å². The Morgan fingerprint density at radius 1 is 1.10 bits per heavy atom. The number of H-pyrrole nitrogens is 1. The van der Waals surface area contributed by atoms with E-state index >= 15 is 0 Å². The molecule has 8 heteroatoms. The summed E-state index contributed by atoms with van der Waals surface area (Å²) in [5.74, 6) is -1.33. The Balaban J connectivity index is 1.31. The van der Waals surface area contributed by atoms with Gasteiger partial charge in [-0.1, -0.05) is 48.5 Å². The van der Waals surface area contributed by atoms with E-state index in [-0.39, 0.29) is 30.2 Å². The fourth-order valence-corrected chi connectivity index (χ4v) is 4.89. The number of hydrogen-bond acceptors (Lipinski definition) is 5. The van der Waals surface area contributed by atoms with Crippen LogP contribution in [0, 0.1) is 0 Å². The molecule has 1 aliphatic heterocycles. The van der Waals surface area contributed by atoms with E-state index in [9.17, 15) is 14.7 Å². The van der Waals surface area contributed by atoms with E-state index in [0.29, 0.717) is 18.7 Å². The lowest BCUT2D eigenvalue weighted by Crippen LogP contribution is -2.36. The predicted octanol–water partition coefficient (Wildman–Crippen LogP) is 3.63. The third kappa shape index (κ3) is 3.15. The molecule has 2 aromatic carbocycles. The molecular formula is C23H22N4O4. The molecule has 0 radical (unpaired) electrons. The highest BCUT2D eigenvalue weighted by Gasteiger charge is 2.40. The van der Waals surface area contributed by atoms with Crippen LogP contribution in [0.1, 0.15) is 52.5 Å². The SMILES string of the molecule is CC1C(c2n[nH]nc2C(=O)O)CCN1C(=O)OCC1c2ccccc2-c2ccccc21. The van der Waals surface area contributed by atoms with Gasteiger partial charge in [-0.15, -0.1) is 5.10 Å². The number of carboxylic acid groups (broad SMARTS) is 1. The van der Waals surface area contributed by atoms with E-state index in [2.05, 4.69) is 39.7 Å². The highest BCUT2D eigenvalue weighted by atomic mass is 16.6. The summed E-state index contributed by atoms with van der Waals surface area (Å²) in [5, 5.41) is 19.5. The number of carboxylic acids is 1. The summed E-state index contributed by atoms with van der Waals surface area (Å²) in [6, 6.07) is 16.2. The van der Waals surface area contributed by atoms with Crippen molar-refractivity contribution < 1.29 is 19.4 Å². The van der Waals surface area contributed by atoms with Gasteiger partial charge in [0.15, 0.2) is 5.69 Å². The van der Waals surface area contributed by atoms with Crippen molar-refractivity contribution in [3.63, 3.8) is 0 Å². The standard InChI is InChI=1S/C23H22N4O4/c1-13-14(20-21(22(28)29)25-26-24-20)10-11-27(13)23(30)31-12-19-17-8-4-2-6-15(17)16-7-3-5-9-18(16)19/h2-9,13-14,19H,10-12H2,1H3,(H,28,29)(H,24,25,26). The fourth-order valence-electron chi connectivity index (χ4n) is 4.89. The second kappa shape index (κ2) is 7.54. The summed E-state index contributed by atoms with van der Waals surface area (Å²) in [5.41, 5.74) is 4.98. The van der Waals surface area contributed by atoms with Crippen LogP contribution < -0.4 is 0 Å². The van der Waals surface area contributed by atoms with Crippen LogP contribution in [0.2, 0.25) is 0 Å². The number of fused-ring (bicyclic) bond motifs is 3. The number of carbonyl (C=O) groups excluding carboxylic acids is 1. The van der Waals surface area contributed by atoms with Crippen LogP contribution in [-0.4, -0.2) is 56.7 Å². The van der Waals surface area contributed by atoms with E-state index in [1.165, 1.54) is 11.1 Å². The number of benzene rings is 2. The summed E-state index contributed by atoms with van der Waals surface area (Å²) < 4.78 is 5.76. The summed E-state index contributed by atoms with van der Waals surface area (Å²) in [7, 11) is 0. The minimum Gasteiger partial charge on any atom is -0.476 e. The van der Waals surface area contributed by atoms with Crippen LogP contribution >= 0.6 is 0 Å². The molecule has 2 N–H and O–H groups in total. The van der Waals surface area contributed by atoms with Gasteiger partial charge in [0.2, 0.25) is 0 Å². The monoisotopic (exact) mass is 418 g/mol. The van der Waals surface area contributed by atoms with Crippen LogP contribution in [0.5, 0.6) is 0 Å². The number of nitrogens with zero attached hydrogens (tertiary/aromatic N) is 3. The van der Waals surface area contributed by atoms with Crippen LogP contribution in [-0.2, 0) is 4.74 Å². The fraction of sp³-hybridized carbons (Fsp3) is 0.304. The maximum Gasteiger partial charge on any atom is 0.410 e. The van der Waals surface area contributed by atoms with Crippen molar-refractivity contribution >= 4 is 12.1 Å². The number of nitrogens with one attached hydrogen (secondary N) is 1. The smallest absolute Gasteiger partial charge is 0.410 e. The Kier molecular flexibility index (Phi) is 4.69. The van der Waals surface area contributed by atoms with Gasteiger partial charge in [-0.2, -0.15) is 10.3 Å². The molecule has 2 aliphatic rings. The number of aromatic amines is 1. The van der Waals surface area contributed by atoms with Gasteiger partial charge in [0, 0.05) is 24.4 Å². The number of hydrogen-bond donors (Lipinski definition) is 2. The maximum absolute atomic E-state index is 12.9. The van der Waals surface area contributed by atoms with E-state index < -0.39 is 12.1 Å². The van der Waals surface area contributed by atoms with Gasteiger partial charge in [-0.05, 0) is 35.6 Å². The van der Waals surface area contributed by atoms with E-state index in [1.54, 1.807) is 4.90 Å². The van der Waals surface area contributed by atoms with Crippen molar-refractivity contribution in [2.45, 2.75) is 31.2 Å². The molecule has 158 valence electrons. The lowest BCUT2D eigenvalue weighted by atomic mass is 9.96. The molecule has 2 atom stereocenters. The highest BCUT2D eigenvalue weighted by molar-refractivity contribution is 5.86. The van der Waals surface area contributed by atoms with Crippen LogP contribution in [0.15, 0.2) is 48.5 Å². The van der Waals surface area contributed by atoms with Crippen molar-refractivity contribution in [1.29, 1.82) is 0 Å². The second-order valence-electron chi connectivity index (χ2n) is 8.00. The molecule has 31 heavy (non-hydrogen) atoms. The molecule has 1 amide bonds. The molecule has 3 aromatic rings. The second-order valence-corrected chi connectivity index (χ2v) is 8.00. The number of carbonyl (C=O) groups is 2. The van der Waals surface area contributed by atoms with Crippen molar-refractivity contribution in [2.75, 3.05) is 13.2 Å². The lowest BCUT2D eigenvalue weighted by molar-refractivity contribution is 0.0688. The molecule has 1 fully saturated rings. The molecule has 1 aliphatic carbocycles. The van der Waals surface area contributed by atoms with Gasteiger partial charge in [0.25, 0.3) is 0 Å². The molecule has 5 rings (SSSR count). The van der Waals surface area contributed by atoms with Gasteiger partial charge in [0.1, 0.15) is 12.3 Å². The Hall–Kier alpha value is -3.68. The first kappa shape index (κ1) is 19.3. The van der Waals surface area contributed by atoms with E-state index in [4.69, 9.17) is 4.74 Å². The van der Waals surface area contributed by atoms with Crippen molar-refractivity contribution in [3.05, 3.63) is 71.0 Å². The first-order valence-corrected chi connectivity index (χ1v) is 10.3. The molecule has 8 nitrogen and oxygen atoms in total. The van der Waals surface area contributed by atoms with Gasteiger partial charge >= 0.3 is 12.1 Å². The molecule has 0 spiro atoms. The summed E-state index contributed by atoms with van der Waals surface area (Å²) in [4.78, 5) is 25.9. The number of ether oxygens (including phenoxy) is 1. The summed E-state index contributed by atoms with van der Waals surface area (Å²) >= 11 is 0. The number of rotatable bonds is 4. The maximum atomic E-state index is 12.9. The zero-order chi connectivity index (χ0) is 21.5.